The first-order chi connectivity index (χ1) is 12.7. The van der Waals surface area contributed by atoms with Gasteiger partial charge >= 0.3 is 0 Å². The first-order valence-corrected chi connectivity index (χ1v) is 9.64. The summed E-state index contributed by atoms with van der Waals surface area (Å²) in [4.78, 5) is 22.3. The minimum absolute atomic E-state index is 0.0707. The largest absolute Gasteiger partial charge is 0.353 e. The molecular weight excluding hydrogens is 346 g/mol. The van der Waals surface area contributed by atoms with E-state index in [0.717, 1.165) is 42.2 Å². The lowest BCUT2D eigenvalue weighted by Gasteiger charge is -2.22. The molecule has 1 fully saturated rings. The Morgan fingerprint density at radius 2 is 2.15 bits per heavy atom. The lowest BCUT2D eigenvalue weighted by molar-refractivity contribution is 0.0793. The number of thiophene rings is 1. The number of aromatic amines is 1. The van der Waals surface area contributed by atoms with E-state index in [9.17, 15) is 4.79 Å². The van der Waals surface area contributed by atoms with Gasteiger partial charge in [0.2, 0.25) is 0 Å². The SMILES string of the molecule is CN(Cc1cc(-c2cccs2)n[nH]1)c1ncccc1C(=O)N1CCCC1. The minimum Gasteiger partial charge on any atom is -0.353 e. The number of nitrogens with one attached hydrogen (secondary N) is 1. The number of aromatic nitrogens is 3. The molecule has 3 aromatic heterocycles. The van der Waals surface area contributed by atoms with Crippen molar-refractivity contribution in [2.75, 3.05) is 25.0 Å². The standard InChI is InChI=1S/C19H21N5OS/c1-23(13-14-12-16(22-21-14)17-7-5-11-26-17)18-15(6-4-8-20-18)19(25)24-9-2-3-10-24/h4-8,11-12H,2-3,9-10,13H2,1H3,(H,21,22). The summed E-state index contributed by atoms with van der Waals surface area (Å²) in [5, 5.41) is 9.52. The maximum Gasteiger partial charge on any atom is 0.257 e. The van der Waals surface area contributed by atoms with Crippen LogP contribution in [0.25, 0.3) is 10.6 Å². The van der Waals surface area contributed by atoms with Crippen molar-refractivity contribution in [1.29, 1.82) is 0 Å². The van der Waals surface area contributed by atoms with Crippen LogP contribution in [0.2, 0.25) is 0 Å². The Hall–Kier alpha value is -2.67. The molecule has 6 nitrogen and oxygen atoms in total. The molecule has 134 valence electrons. The van der Waals surface area contributed by atoms with Crippen LogP contribution in [0, 0.1) is 0 Å². The fraction of sp³-hybridized carbons (Fsp3) is 0.316. The van der Waals surface area contributed by atoms with E-state index in [-0.39, 0.29) is 5.91 Å². The molecule has 0 radical (unpaired) electrons. The van der Waals surface area contributed by atoms with Crippen molar-refractivity contribution in [3.8, 4) is 10.6 Å². The second kappa shape index (κ2) is 7.29. The lowest BCUT2D eigenvalue weighted by atomic mass is 10.2. The number of carbonyl (C=O) groups is 1. The molecule has 4 rings (SSSR count). The van der Waals surface area contributed by atoms with Gasteiger partial charge in [-0.2, -0.15) is 5.10 Å². The summed E-state index contributed by atoms with van der Waals surface area (Å²) in [5.74, 6) is 0.776. The van der Waals surface area contributed by atoms with Gasteiger partial charge in [0.25, 0.3) is 5.91 Å². The predicted octanol–water partition coefficient (Wildman–Crippen LogP) is 3.41. The van der Waals surface area contributed by atoms with Crippen molar-refractivity contribution in [2.45, 2.75) is 19.4 Å². The van der Waals surface area contributed by atoms with Gasteiger partial charge in [-0.3, -0.25) is 9.89 Å². The molecule has 3 aromatic rings. The molecule has 7 heteroatoms. The number of rotatable bonds is 5. The number of likely N-dealkylation sites (tertiary alicyclic amines) is 1. The number of amides is 1. The Morgan fingerprint density at radius 1 is 1.31 bits per heavy atom. The second-order valence-corrected chi connectivity index (χ2v) is 7.43. The van der Waals surface area contributed by atoms with E-state index in [0.29, 0.717) is 17.9 Å². The summed E-state index contributed by atoms with van der Waals surface area (Å²) in [6, 6.07) is 9.81. The molecule has 1 aliphatic heterocycles. The molecule has 0 aromatic carbocycles. The van der Waals surface area contributed by atoms with Gasteiger partial charge in [0.15, 0.2) is 0 Å². The smallest absolute Gasteiger partial charge is 0.257 e. The zero-order valence-corrected chi connectivity index (χ0v) is 15.5. The van der Waals surface area contributed by atoms with Gasteiger partial charge in [-0.05, 0) is 42.5 Å². The third kappa shape index (κ3) is 3.35. The molecule has 1 aliphatic rings. The summed E-state index contributed by atoms with van der Waals surface area (Å²) in [5.41, 5.74) is 2.59. The number of carbonyl (C=O) groups excluding carboxylic acids is 1. The van der Waals surface area contributed by atoms with Gasteiger partial charge in [0, 0.05) is 26.3 Å². The Labute approximate surface area is 156 Å². The Balaban J connectivity index is 1.53. The van der Waals surface area contributed by atoms with Crippen molar-refractivity contribution >= 4 is 23.1 Å². The predicted molar refractivity (Wildman–Crippen MR) is 103 cm³/mol. The molecule has 26 heavy (non-hydrogen) atoms. The number of hydrogen-bond donors (Lipinski definition) is 1. The number of hydrogen-bond acceptors (Lipinski definition) is 5. The third-order valence-corrected chi connectivity index (χ3v) is 5.48. The van der Waals surface area contributed by atoms with Crippen LogP contribution in [0.4, 0.5) is 5.82 Å². The van der Waals surface area contributed by atoms with Crippen molar-refractivity contribution in [3.63, 3.8) is 0 Å². The van der Waals surface area contributed by atoms with Crippen LogP contribution in [-0.4, -0.2) is 46.1 Å². The van der Waals surface area contributed by atoms with Crippen molar-refractivity contribution in [1.82, 2.24) is 20.1 Å². The van der Waals surface area contributed by atoms with E-state index >= 15 is 0 Å². The number of H-pyrrole nitrogens is 1. The minimum atomic E-state index is 0.0707. The molecule has 1 N–H and O–H groups in total. The number of anilines is 1. The number of pyridine rings is 1. The van der Waals surface area contributed by atoms with E-state index in [1.165, 1.54) is 0 Å². The number of nitrogens with zero attached hydrogens (tertiary/aromatic N) is 4. The Morgan fingerprint density at radius 3 is 2.92 bits per heavy atom. The maximum absolute atomic E-state index is 12.8. The van der Waals surface area contributed by atoms with Gasteiger partial charge < -0.3 is 9.80 Å². The van der Waals surface area contributed by atoms with Crippen LogP contribution < -0.4 is 4.90 Å². The summed E-state index contributed by atoms with van der Waals surface area (Å²) >= 11 is 1.67. The monoisotopic (exact) mass is 367 g/mol. The lowest BCUT2D eigenvalue weighted by Crippen LogP contribution is -2.30. The topological polar surface area (TPSA) is 65.1 Å². The van der Waals surface area contributed by atoms with E-state index in [2.05, 4.69) is 21.2 Å². The third-order valence-electron chi connectivity index (χ3n) is 4.58. The van der Waals surface area contributed by atoms with Gasteiger partial charge in [-0.1, -0.05) is 6.07 Å². The molecule has 0 saturated carbocycles. The van der Waals surface area contributed by atoms with E-state index < -0.39 is 0 Å². The van der Waals surface area contributed by atoms with Crippen molar-refractivity contribution in [2.24, 2.45) is 0 Å². The summed E-state index contributed by atoms with van der Waals surface area (Å²) in [7, 11) is 1.95. The second-order valence-electron chi connectivity index (χ2n) is 6.49. The van der Waals surface area contributed by atoms with Crippen molar-refractivity contribution in [3.05, 3.63) is 53.2 Å². The molecule has 0 spiro atoms. The Bertz CT molecular complexity index is 883. The highest BCUT2D eigenvalue weighted by atomic mass is 32.1. The van der Waals surface area contributed by atoms with Gasteiger partial charge in [0.1, 0.15) is 11.5 Å². The molecule has 1 saturated heterocycles. The van der Waals surface area contributed by atoms with Gasteiger partial charge in [-0.15, -0.1) is 11.3 Å². The quantitative estimate of drug-likeness (QED) is 0.751. The van der Waals surface area contributed by atoms with Crippen molar-refractivity contribution < 1.29 is 4.79 Å². The molecule has 1 amide bonds. The summed E-state index contributed by atoms with van der Waals surface area (Å²) in [6.07, 6.45) is 3.89. The fourth-order valence-electron chi connectivity index (χ4n) is 3.28. The molecule has 0 unspecified atom stereocenters. The molecule has 0 atom stereocenters. The van der Waals surface area contributed by atoms with Crippen LogP contribution >= 0.6 is 11.3 Å². The molecule has 0 bridgehead atoms. The highest BCUT2D eigenvalue weighted by Crippen LogP contribution is 2.25. The van der Waals surface area contributed by atoms with E-state index in [1.807, 2.05) is 46.5 Å². The van der Waals surface area contributed by atoms with E-state index in [1.54, 1.807) is 17.5 Å². The first-order valence-electron chi connectivity index (χ1n) is 8.76. The maximum atomic E-state index is 12.8. The van der Waals surface area contributed by atoms with Crippen LogP contribution in [0.5, 0.6) is 0 Å². The first kappa shape index (κ1) is 16.8. The molecular formula is C19H21N5OS. The van der Waals surface area contributed by atoms with Crippen LogP contribution in [0.15, 0.2) is 41.9 Å². The Kier molecular flexibility index (Phi) is 4.71. The average molecular weight is 367 g/mol. The highest BCUT2D eigenvalue weighted by Gasteiger charge is 2.23. The van der Waals surface area contributed by atoms with Crippen LogP contribution in [0.1, 0.15) is 28.9 Å². The van der Waals surface area contributed by atoms with Gasteiger partial charge in [-0.25, -0.2) is 4.98 Å². The van der Waals surface area contributed by atoms with E-state index in [4.69, 9.17) is 0 Å². The molecule has 4 heterocycles. The zero-order chi connectivity index (χ0) is 17.9. The average Bonchev–Trinajstić information content (AvgIpc) is 3.42. The summed E-state index contributed by atoms with van der Waals surface area (Å²) < 4.78 is 0. The van der Waals surface area contributed by atoms with Crippen LogP contribution in [-0.2, 0) is 6.54 Å². The fourth-order valence-corrected chi connectivity index (χ4v) is 3.97. The molecule has 0 aliphatic carbocycles. The normalized spacial score (nSPS) is 14.0. The zero-order valence-electron chi connectivity index (χ0n) is 14.7. The van der Waals surface area contributed by atoms with Crippen LogP contribution in [0.3, 0.4) is 0 Å². The van der Waals surface area contributed by atoms with Gasteiger partial charge in [0.05, 0.1) is 22.7 Å². The summed E-state index contributed by atoms with van der Waals surface area (Å²) in [6.45, 7) is 2.28. The highest BCUT2D eigenvalue weighted by molar-refractivity contribution is 7.13.